The van der Waals surface area contributed by atoms with E-state index in [1.165, 1.54) is 116 Å². The van der Waals surface area contributed by atoms with Crippen LogP contribution < -0.4 is 11.2 Å². The van der Waals surface area contributed by atoms with Crippen molar-refractivity contribution in [1.82, 2.24) is 9.55 Å². The highest BCUT2D eigenvalue weighted by atomic mass is 31.2. The number of unbranched alkanes of at least 4 members (excludes halogenated alkanes) is 19. The molecule has 0 aliphatic carbocycles. The van der Waals surface area contributed by atoms with Crippen LogP contribution in [0.5, 0.6) is 0 Å². The van der Waals surface area contributed by atoms with Gasteiger partial charge in [0.05, 0.1) is 25.4 Å². The first-order chi connectivity index (χ1) is 22.7. The number of aromatic amines is 1. The second-order valence-corrected chi connectivity index (χ2v) is 14.4. The van der Waals surface area contributed by atoms with Crippen molar-refractivity contribution in [2.24, 2.45) is 5.11 Å². The molecule has 1 aromatic rings. The summed E-state index contributed by atoms with van der Waals surface area (Å²) in [5, 5.41) is 3.63. The Bertz CT molecular complexity index is 1250. The smallest absolute Gasteiger partial charge is 0.435 e. The number of azide groups is 1. The Kier molecular flexibility index (Phi) is 20.7. The Morgan fingerprint density at radius 3 is 1.94 bits per heavy atom. The zero-order chi connectivity index (χ0) is 34.3. The fourth-order valence-corrected chi connectivity index (χ4v) is 6.56. The Labute approximate surface area is 279 Å². The normalized spacial score (nSPS) is 18.9. The molecule has 2 heterocycles. The van der Waals surface area contributed by atoms with Crippen molar-refractivity contribution in [2.75, 3.05) is 13.2 Å². The molecule has 1 saturated heterocycles. The van der Waals surface area contributed by atoms with E-state index in [9.17, 15) is 23.8 Å². The van der Waals surface area contributed by atoms with Gasteiger partial charge in [-0.25, -0.2) is 14.2 Å². The lowest BCUT2D eigenvalue weighted by Crippen LogP contribution is -2.33. The van der Waals surface area contributed by atoms with E-state index in [2.05, 4.69) is 21.9 Å². The SMILES string of the molecule is CCCCCCCCCCCCCCCCCCCCCCOC(=O)P(=O)(O)OC[C@H]1O[C@@H](n2cc(C)c(=O)[nH]c2=O)C[C@@H]1N=[N+]=[N-]. The van der Waals surface area contributed by atoms with Gasteiger partial charge >= 0.3 is 19.0 Å². The average molecular weight is 684 g/mol. The lowest BCUT2D eigenvalue weighted by Gasteiger charge is -2.18. The lowest BCUT2D eigenvalue weighted by atomic mass is 10.0. The first-order valence-electron chi connectivity index (χ1n) is 17.9. The Hall–Kier alpha value is -2.43. The number of rotatable bonds is 27. The first kappa shape index (κ1) is 40.7. The summed E-state index contributed by atoms with van der Waals surface area (Å²) in [5.74, 6) is 0. The minimum atomic E-state index is -4.79. The second-order valence-electron chi connectivity index (χ2n) is 12.8. The van der Waals surface area contributed by atoms with Gasteiger partial charge in [-0.3, -0.25) is 18.9 Å². The van der Waals surface area contributed by atoms with Crippen LogP contribution >= 0.6 is 7.60 Å². The van der Waals surface area contributed by atoms with Crippen LogP contribution in [-0.2, 0) is 18.6 Å². The zero-order valence-corrected chi connectivity index (χ0v) is 29.5. The fraction of sp³-hybridized carbons (Fsp3) is 0.848. The number of nitrogens with zero attached hydrogens (tertiary/aromatic N) is 4. The van der Waals surface area contributed by atoms with Crippen molar-refractivity contribution >= 4 is 13.3 Å². The summed E-state index contributed by atoms with van der Waals surface area (Å²) in [6.07, 6.45) is 24.6. The molecule has 1 fully saturated rings. The van der Waals surface area contributed by atoms with Gasteiger partial charge in [0.2, 0.25) is 0 Å². The summed E-state index contributed by atoms with van der Waals surface area (Å²) in [6.45, 7) is 3.26. The molecule has 268 valence electrons. The first-order valence-corrected chi connectivity index (χ1v) is 19.4. The molecule has 0 radical (unpaired) electrons. The van der Waals surface area contributed by atoms with E-state index in [4.69, 9.17) is 19.5 Å². The zero-order valence-electron chi connectivity index (χ0n) is 28.6. The van der Waals surface area contributed by atoms with Crippen LogP contribution in [0.1, 0.15) is 154 Å². The number of ether oxygens (including phenoxy) is 2. The molecule has 1 aromatic heterocycles. The molecule has 47 heavy (non-hydrogen) atoms. The number of aromatic nitrogens is 2. The lowest BCUT2D eigenvalue weighted by molar-refractivity contribution is -0.0239. The molecule has 0 saturated carbocycles. The highest BCUT2D eigenvalue weighted by Gasteiger charge is 2.40. The van der Waals surface area contributed by atoms with E-state index in [1.54, 1.807) is 0 Å². The van der Waals surface area contributed by atoms with Gasteiger partial charge in [-0.1, -0.05) is 134 Å². The third-order valence-electron chi connectivity index (χ3n) is 8.73. The summed E-state index contributed by atoms with van der Waals surface area (Å²) in [5.41, 5.74) is 6.59. The van der Waals surface area contributed by atoms with Gasteiger partial charge in [-0.05, 0) is 18.9 Å². The average Bonchev–Trinajstić information content (AvgIpc) is 3.44. The number of hydrogen-bond acceptors (Lipinski definition) is 8. The molecule has 0 amide bonds. The second kappa shape index (κ2) is 23.8. The number of carbonyl (C=O) groups excluding carboxylic acids is 1. The molecule has 4 atom stereocenters. The van der Waals surface area contributed by atoms with Crippen molar-refractivity contribution in [2.45, 2.75) is 167 Å². The van der Waals surface area contributed by atoms with Gasteiger partial charge in [0.1, 0.15) is 6.23 Å². The van der Waals surface area contributed by atoms with Crippen molar-refractivity contribution in [3.05, 3.63) is 43.0 Å². The minimum Gasteiger partial charge on any atom is -0.457 e. The molecule has 2 N–H and O–H groups in total. The molecule has 1 unspecified atom stereocenters. The fourth-order valence-electron chi connectivity index (χ4n) is 5.85. The number of aryl methyl sites for hydroxylation is 1. The molecular formula is C33H58N5O8P. The highest BCUT2D eigenvalue weighted by molar-refractivity contribution is 7.70. The van der Waals surface area contributed by atoms with Crippen LogP contribution in [0.2, 0.25) is 0 Å². The predicted molar refractivity (Wildman–Crippen MR) is 183 cm³/mol. The Morgan fingerprint density at radius 2 is 1.45 bits per heavy atom. The van der Waals surface area contributed by atoms with Crippen molar-refractivity contribution < 1.29 is 28.3 Å². The van der Waals surface area contributed by atoms with Crippen LogP contribution in [0.3, 0.4) is 0 Å². The molecule has 0 bridgehead atoms. The molecule has 13 nitrogen and oxygen atoms in total. The summed E-state index contributed by atoms with van der Waals surface area (Å²) < 4.78 is 29.3. The molecule has 1 aliphatic rings. The maximum absolute atomic E-state index is 12.5. The van der Waals surface area contributed by atoms with Crippen molar-refractivity contribution in [3.63, 3.8) is 0 Å². The monoisotopic (exact) mass is 683 g/mol. The van der Waals surface area contributed by atoms with E-state index < -0.39 is 49.5 Å². The van der Waals surface area contributed by atoms with Gasteiger partial charge in [0, 0.05) is 23.1 Å². The maximum Gasteiger partial charge on any atom is 0.435 e. The van der Waals surface area contributed by atoms with E-state index in [0.29, 0.717) is 6.42 Å². The van der Waals surface area contributed by atoms with Crippen LogP contribution in [0, 0.1) is 6.92 Å². The molecule has 2 rings (SSSR count). The van der Waals surface area contributed by atoms with Crippen LogP contribution in [0.15, 0.2) is 20.9 Å². The van der Waals surface area contributed by atoms with E-state index in [0.717, 1.165) is 23.8 Å². The van der Waals surface area contributed by atoms with Crippen molar-refractivity contribution in [1.29, 1.82) is 0 Å². The number of H-pyrrole nitrogens is 1. The van der Waals surface area contributed by atoms with E-state index in [1.807, 2.05) is 0 Å². The molecule has 0 aromatic carbocycles. The number of hydrogen-bond donors (Lipinski definition) is 2. The van der Waals surface area contributed by atoms with Crippen LogP contribution in [0.4, 0.5) is 4.79 Å². The summed E-state index contributed by atoms with van der Waals surface area (Å²) >= 11 is 0. The van der Waals surface area contributed by atoms with E-state index >= 15 is 0 Å². The van der Waals surface area contributed by atoms with Crippen molar-refractivity contribution in [3.8, 4) is 0 Å². The quantitative estimate of drug-likeness (QED) is 0.0302. The molecule has 14 heteroatoms. The van der Waals surface area contributed by atoms with Crippen LogP contribution in [-0.4, -0.2) is 45.5 Å². The van der Waals surface area contributed by atoms with Crippen LogP contribution in [0.25, 0.3) is 10.4 Å². The molecule has 0 spiro atoms. The van der Waals surface area contributed by atoms with Gasteiger partial charge < -0.3 is 14.4 Å². The third-order valence-corrected chi connectivity index (χ3v) is 9.82. The van der Waals surface area contributed by atoms with Gasteiger partial charge in [-0.15, -0.1) is 0 Å². The standard InChI is InChI=1S/C33H58N5O8P/c1-3-4-5-6-7-8-9-10-11-12-13-14-15-16-17-18-19-20-21-22-23-44-33(41)47(42,43)45-26-29-28(36-37-34)24-30(46-29)38-25-27(2)31(39)35-32(38)40/h25,28-30H,3-24,26H2,1-2H3,(H,42,43)(H,35,39,40)/t28-,29+,30+/m0/s1. The Morgan fingerprint density at radius 1 is 0.957 bits per heavy atom. The minimum absolute atomic E-state index is 0.0174. The largest absolute Gasteiger partial charge is 0.457 e. The molecular weight excluding hydrogens is 625 g/mol. The summed E-state index contributed by atoms with van der Waals surface area (Å²) in [4.78, 5) is 51.2. The molecule has 1 aliphatic heterocycles. The van der Waals surface area contributed by atoms with Gasteiger partial charge in [0.25, 0.3) is 5.56 Å². The number of nitrogens with one attached hydrogen (secondary N) is 1. The van der Waals surface area contributed by atoms with Gasteiger partial charge in [0.15, 0.2) is 0 Å². The maximum atomic E-state index is 12.5. The summed E-state index contributed by atoms with van der Waals surface area (Å²) in [7, 11) is -4.79. The highest BCUT2D eigenvalue weighted by Crippen LogP contribution is 2.45. The Balaban J connectivity index is 1.49. The van der Waals surface area contributed by atoms with Gasteiger partial charge in [-0.2, -0.15) is 0 Å². The number of carbonyl (C=O) groups is 1. The third kappa shape index (κ3) is 16.5. The summed E-state index contributed by atoms with van der Waals surface area (Å²) in [6, 6.07) is -0.838. The predicted octanol–water partition coefficient (Wildman–Crippen LogP) is 8.97. The topological polar surface area (TPSA) is 186 Å². The van der Waals surface area contributed by atoms with E-state index in [-0.39, 0.29) is 18.6 Å².